The first-order valence-electron chi connectivity index (χ1n) is 13.2. The minimum Gasteiger partial charge on any atom is -0.350 e. The number of nitrogens with one attached hydrogen (secondary N) is 1. The van der Waals surface area contributed by atoms with Crippen LogP contribution in [0.1, 0.15) is 12.5 Å². The largest absolute Gasteiger partial charge is 0.417 e. The molecule has 0 aliphatic carbocycles. The van der Waals surface area contributed by atoms with Crippen LogP contribution in [0.15, 0.2) is 65.1 Å². The zero-order chi connectivity index (χ0) is 32.8. The number of aromatic nitrogens is 4. The molecule has 4 aromatic rings. The normalized spacial score (nSPS) is 15.8. The minimum atomic E-state index is -5.11. The fourth-order valence-corrected chi connectivity index (χ4v) is 6.08. The molecule has 1 aliphatic rings. The summed E-state index contributed by atoms with van der Waals surface area (Å²) in [6.07, 6.45) is -1.86. The average molecular weight is 650 g/mol. The number of fused-ring (bicyclic) bond motifs is 1. The summed E-state index contributed by atoms with van der Waals surface area (Å²) in [6.45, 7) is 5.59. The van der Waals surface area contributed by atoms with Gasteiger partial charge < -0.3 is 9.80 Å². The first-order valence-corrected chi connectivity index (χ1v) is 14.7. The van der Waals surface area contributed by atoms with Crippen LogP contribution in [0.5, 0.6) is 0 Å². The molecule has 1 amide bonds. The van der Waals surface area contributed by atoms with Gasteiger partial charge in [-0.25, -0.2) is 36.3 Å². The van der Waals surface area contributed by atoms with Crippen molar-refractivity contribution in [3.05, 3.63) is 83.1 Å². The van der Waals surface area contributed by atoms with Crippen molar-refractivity contribution in [3.8, 4) is 16.9 Å². The molecule has 1 atom stereocenters. The number of benzene rings is 1. The highest BCUT2D eigenvalue weighted by Crippen LogP contribution is 2.40. The van der Waals surface area contributed by atoms with Gasteiger partial charge in [-0.2, -0.15) is 18.2 Å². The number of carbonyl (C=O) groups is 1. The Hall–Kier alpha value is -4.77. The number of pyridine rings is 2. The predicted molar refractivity (Wildman–Crippen MR) is 153 cm³/mol. The molecule has 0 saturated carbocycles. The van der Waals surface area contributed by atoms with Crippen LogP contribution in [0, 0.1) is 11.6 Å². The Morgan fingerprint density at radius 3 is 2.51 bits per heavy atom. The van der Waals surface area contributed by atoms with Crippen molar-refractivity contribution in [1.29, 1.82) is 0 Å². The first-order chi connectivity index (χ1) is 21.2. The second-order valence-electron chi connectivity index (χ2n) is 9.99. The number of rotatable bonds is 6. The summed E-state index contributed by atoms with van der Waals surface area (Å²) in [4.78, 5) is 40.6. The van der Waals surface area contributed by atoms with Gasteiger partial charge in [0.15, 0.2) is 11.5 Å². The van der Waals surface area contributed by atoms with Gasteiger partial charge in [0.1, 0.15) is 22.2 Å². The summed E-state index contributed by atoms with van der Waals surface area (Å²) < 4.78 is 101. The lowest BCUT2D eigenvalue weighted by molar-refractivity contribution is -0.137. The fourth-order valence-electron chi connectivity index (χ4n) is 5.20. The third-order valence-electron chi connectivity index (χ3n) is 7.30. The van der Waals surface area contributed by atoms with E-state index in [4.69, 9.17) is 0 Å². The number of hydrogen-bond acceptors (Lipinski definition) is 8. The number of amides is 1. The van der Waals surface area contributed by atoms with Crippen molar-refractivity contribution in [3.63, 3.8) is 0 Å². The molecule has 4 heterocycles. The predicted octanol–water partition coefficient (Wildman–Crippen LogP) is 3.27. The van der Waals surface area contributed by atoms with Crippen LogP contribution < -0.4 is 15.3 Å². The summed E-state index contributed by atoms with van der Waals surface area (Å²) in [7, 11) is -3.15. The Bertz CT molecular complexity index is 2020. The lowest BCUT2D eigenvalue weighted by atomic mass is 10.0. The van der Waals surface area contributed by atoms with E-state index in [0.29, 0.717) is 16.7 Å². The Kier molecular flexibility index (Phi) is 8.18. The van der Waals surface area contributed by atoms with Crippen molar-refractivity contribution < 1.29 is 35.2 Å². The van der Waals surface area contributed by atoms with Gasteiger partial charge in [-0.15, -0.1) is 0 Å². The zero-order valence-electron chi connectivity index (χ0n) is 23.6. The van der Waals surface area contributed by atoms with E-state index in [1.54, 1.807) is 11.8 Å². The number of anilines is 1. The highest BCUT2D eigenvalue weighted by molar-refractivity contribution is 7.89. The highest BCUT2D eigenvalue weighted by Gasteiger charge is 2.37. The molecule has 17 heteroatoms. The maximum atomic E-state index is 15.9. The lowest BCUT2D eigenvalue weighted by Gasteiger charge is -2.40. The molecular weight excluding hydrogens is 625 g/mol. The first kappa shape index (κ1) is 31.6. The van der Waals surface area contributed by atoms with Gasteiger partial charge in [0, 0.05) is 31.9 Å². The van der Waals surface area contributed by atoms with E-state index in [9.17, 15) is 31.2 Å². The molecular formula is C28H24F5N7O4S. The standard InChI is InChI=1S/C28H24F5N7O4S/c1-4-22(41)38-10-11-39(15(2)14-38)25-16-12-19(30)24(23-17(28(31,32)33)6-5-7-18(23)29)36-26(16)40(27(42)37-25)20-13-35-9-8-21(20)45(43,44)34-3/h4-9,12-13,15,34H,1,10-11,14H2,2-3H3/t15-/m0/s1. The van der Waals surface area contributed by atoms with Crippen LogP contribution in [-0.2, 0) is 21.0 Å². The van der Waals surface area contributed by atoms with Crippen molar-refractivity contribution in [2.24, 2.45) is 0 Å². The van der Waals surface area contributed by atoms with Crippen molar-refractivity contribution in [1.82, 2.24) is 29.1 Å². The van der Waals surface area contributed by atoms with Crippen LogP contribution in [0.25, 0.3) is 28.0 Å². The summed E-state index contributed by atoms with van der Waals surface area (Å²) in [5.74, 6) is -3.27. The number of hydrogen-bond donors (Lipinski definition) is 1. The Morgan fingerprint density at radius 2 is 1.87 bits per heavy atom. The minimum absolute atomic E-state index is 0.105. The van der Waals surface area contributed by atoms with Crippen molar-refractivity contribution in [2.75, 3.05) is 31.6 Å². The fraction of sp³-hybridized carbons (Fsp3) is 0.250. The van der Waals surface area contributed by atoms with Crippen LogP contribution in [0.4, 0.5) is 27.8 Å². The molecule has 5 rings (SSSR count). The number of halogens is 5. The maximum absolute atomic E-state index is 15.9. The Labute approximate surface area is 252 Å². The molecule has 1 saturated heterocycles. The van der Waals surface area contributed by atoms with Gasteiger partial charge in [0.25, 0.3) is 0 Å². The number of alkyl halides is 3. The second-order valence-corrected chi connectivity index (χ2v) is 11.8. The molecule has 11 nitrogen and oxygen atoms in total. The average Bonchev–Trinajstić information content (AvgIpc) is 3.00. The maximum Gasteiger partial charge on any atom is 0.417 e. The van der Waals surface area contributed by atoms with E-state index in [2.05, 4.69) is 26.3 Å². The molecule has 236 valence electrons. The summed E-state index contributed by atoms with van der Waals surface area (Å²) in [5.41, 5.74) is -5.85. The SMILES string of the molecule is C=CC(=O)N1CCN(c2nc(=O)n(-c3cnccc3S(=O)(=O)NC)c3nc(-c4c(F)cccc4C(F)(F)F)c(F)cc23)[C@@H](C)C1. The number of carbonyl (C=O) groups excluding carboxylic acids is 1. The summed E-state index contributed by atoms with van der Waals surface area (Å²) in [6, 6.07) is 3.39. The molecule has 1 N–H and O–H groups in total. The van der Waals surface area contributed by atoms with Gasteiger partial charge in [0.05, 0.1) is 28.4 Å². The molecule has 1 aliphatic heterocycles. The van der Waals surface area contributed by atoms with Gasteiger partial charge in [0.2, 0.25) is 15.9 Å². The van der Waals surface area contributed by atoms with E-state index < -0.39 is 72.6 Å². The van der Waals surface area contributed by atoms with E-state index in [-0.39, 0.29) is 36.7 Å². The summed E-state index contributed by atoms with van der Waals surface area (Å²) in [5, 5.41) is -0.201. The van der Waals surface area contributed by atoms with Gasteiger partial charge in [-0.3, -0.25) is 9.78 Å². The molecule has 0 radical (unpaired) electrons. The number of nitrogens with zero attached hydrogens (tertiary/aromatic N) is 6. The highest BCUT2D eigenvalue weighted by atomic mass is 32.2. The van der Waals surface area contributed by atoms with E-state index in [1.165, 1.54) is 4.90 Å². The van der Waals surface area contributed by atoms with E-state index in [1.807, 2.05) is 0 Å². The Morgan fingerprint density at radius 1 is 1.13 bits per heavy atom. The molecule has 45 heavy (non-hydrogen) atoms. The molecule has 0 spiro atoms. The van der Waals surface area contributed by atoms with Crippen molar-refractivity contribution in [2.45, 2.75) is 24.0 Å². The van der Waals surface area contributed by atoms with Gasteiger partial charge in [-0.1, -0.05) is 12.6 Å². The second kappa shape index (κ2) is 11.6. The van der Waals surface area contributed by atoms with Crippen LogP contribution in [0.2, 0.25) is 0 Å². The molecule has 0 bridgehead atoms. The van der Waals surface area contributed by atoms with Crippen LogP contribution in [0.3, 0.4) is 0 Å². The molecule has 1 fully saturated rings. The zero-order valence-corrected chi connectivity index (χ0v) is 24.5. The van der Waals surface area contributed by atoms with Gasteiger partial charge >= 0.3 is 11.9 Å². The Balaban J connectivity index is 1.87. The van der Waals surface area contributed by atoms with Crippen LogP contribution in [-0.4, -0.2) is 71.5 Å². The molecule has 0 unspecified atom stereocenters. The van der Waals surface area contributed by atoms with E-state index >= 15 is 8.78 Å². The van der Waals surface area contributed by atoms with Crippen molar-refractivity contribution >= 4 is 32.8 Å². The number of sulfonamides is 1. The molecule has 3 aromatic heterocycles. The summed E-state index contributed by atoms with van der Waals surface area (Å²) >= 11 is 0. The third-order valence-corrected chi connectivity index (χ3v) is 8.77. The topological polar surface area (TPSA) is 130 Å². The monoisotopic (exact) mass is 649 g/mol. The van der Waals surface area contributed by atoms with Crippen LogP contribution >= 0.6 is 0 Å². The third kappa shape index (κ3) is 5.64. The number of piperazine rings is 1. The van der Waals surface area contributed by atoms with Gasteiger partial charge in [-0.05, 0) is 44.3 Å². The van der Waals surface area contributed by atoms with E-state index in [0.717, 1.165) is 43.7 Å². The smallest absolute Gasteiger partial charge is 0.350 e. The quantitative estimate of drug-likeness (QED) is 0.249. The lowest BCUT2D eigenvalue weighted by Crippen LogP contribution is -2.54. The molecule has 1 aromatic carbocycles.